The third kappa shape index (κ3) is 5.47. The fourth-order valence-corrected chi connectivity index (χ4v) is 3.46. The van der Waals surface area contributed by atoms with E-state index in [0.717, 1.165) is 10.5 Å². The van der Waals surface area contributed by atoms with Crippen LogP contribution >= 0.6 is 11.8 Å². The minimum absolute atomic E-state index is 0.133. The van der Waals surface area contributed by atoms with E-state index in [1.54, 1.807) is 24.3 Å². The molecule has 1 atom stereocenters. The standard InChI is InChI=1S/C23H22N2O2S/c1-17(18-10-4-2-5-11-18)24-23(27)20-14-8-9-15-21(20)25-22(26)16-28-19-12-6-3-7-13-19/h2-15,17H,16H2,1H3,(H,24,27)(H,25,26)/t17-/m1/s1. The van der Waals surface area contributed by atoms with Crippen LogP contribution in [0.2, 0.25) is 0 Å². The molecular weight excluding hydrogens is 368 g/mol. The number of carbonyl (C=O) groups excluding carboxylic acids is 2. The Hall–Kier alpha value is -3.05. The topological polar surface area (TPSA) is 58.2 Å². The minimum atomic E-state index is -0.219. The maximum absolute atomic E-state index is 12.7. The molecule has 3 rings (SSSR count). The molecule has 0 saturated heterocycles. The summed E-state index contributed by atoms with van der Waals surface area (Å²) in [5.41, 5.74) is 1.99. The van der Waals surface area contributed by atoms with Gasteiger partial charge in [-0.25, -0.2) is 0 Å². The van der Waals surface area contributed by atoms with Crippen molar-refractivity contribution in [2.75, 3.05) is 11.1 Å². The third-order valence-corrected chi connectivity index (χ3v) is 5.22. The van der Waals surface area contributed by atoms with Crippen molar-refractivity contribution < 1.29 is 9.59 Å². The molecule has 28 heavy (non-hydrogen) atoms. The number of hydrogen-bond donors (Lipinski definition) is 2. The first-order valence-electron chi connectivity index (χ1n) is 9.06. The van der Waals surface area contributed by atoms with Crippen molar-refractivity contribution >= 4 is 29.3 Å². The van der Waals surface area contributed by atoms with E-state index in [9.17, 15) is 9.59 Å². The summed E-state index contributed by atoms with van der Waals surface area (Å²) in [7, 11) is 0. The van der Waals surface area contributed by atoms with Crippen LogP contribution in [0.4, 0.5) is 5.69 Å². The number of para-hydroxylation sites is 1. The van der Waals surface area contributed by atoms with Gasteiger partial charge in [0.1, 0.15) is 0 Å². The van der Waals surface area contributed by atoms with Gasteiger partial charge in [-0.05, 0) is 36.8 Å². The Morgan fingerprint density at radius 2 is 1.46 bits per heavy atom. The number of carbonyl (C=O) groups is 2. The summed E-state index contributed by atoms with van der Waals surface area (Å²) >= 11 is 1.46. The molecule has 0 aliphatic heterocycles. The first kappa shape index (κ1) is 19.7. The van der Waals surface area contributed by atoms with Gasteiger partial charge < -0.3 is 10.6 Å². The number of benzene rings is 3. The average molecular weight is 391 g/mol. The summed E-state index contributed by atoms with van der Waals surface area (Å²) in [6, 6.07) is 26.4. The van der Waals surface area contributed by atoms with Crippen LogP contribution in [-0.2, 0) is 4.79 Å². The molecule has 3 aromatic rings. The average Bonchev–Trinajstić information content (AvgIpc) is 2.74. The van der Waals surface area contributed by atoms with Crippen molar-refractivity contribution in [3.05, 3.63) is 96.1 Å². The maximum Gasteiger partial charge on any atom is 0.253 e. The predicted molar refractivity (Wildman–Crippen MR) is 115 cm³/mol. The molecule has 0 aliphatic rings. The Morgan fingerprint density at radius 1 is 0.857 bits per heavy atom. The molecule has 2 N–H and O–H groups in total. The highest BCUT2D eigenvalue weighted by Crippen LogP contribution is 2.20. The summed E-state index contributed by atoms with van der Waals surface area (Å²) < 4.78 is 0. The fourth-order valence-electron chi connectivity index (χ4n) is 2.74. The van der Waals surface area contributed by atoms with Gasteiger partial charge in [0.25, 0.3) is 5.91 Å². The molecule has 0 unspecified atom stereocenters. The van der Waals surface area contributed by atoms with Crippen LogP contribution in [0, 0.1) is 0 Å². The third-order valence-electron chi connectivity index (χ3n) is 4.21. The normalized spacial score (nSPS) is 11.5. The fraction of sp³-hybridized carbons (Fsp3) is 0.130. The van der Waals surface area contributed by atoms with Crippen LogP contribution in [0.1, 0.15) is 28.9 Å². The molecule has 0 heterocycles. The Bertz CT molecular complexity index is 930. The molecule has 142 valence electrons. The number of anilines is 1. The Labute approximate surface area is 169 Å². The van der Waals surface area contributed by atoms with E-state index in [4.69, 9.17) is 0 Å². The van der Waals surface area contributed by atoms with Gasteiger partial charge in [-0.15, -0.1) is 11.8 Å². The second kappa shape index (κ2) is 9.76. The van der Waals surface area contributed by atoms with Crippen LogP contribution in [0.3, 0.4) is 0 Å². The van der Waals surface area contributed by atoms with Crippen molar-refractivity contribution in [2.45, 2.75) is 17.9 Å². The molecule has 0 aromatic heterocycles. The number of thioether (sulfide) groups is 1. The van der Waals surface area contributed by atoms with Gasteiger partial charge in [-0.2, -0.15) is 0 Å². The number of rotatable bonds is 7. The molecule has 2 amide bonds. The first-order valence-corrected chi connectivity index (χ1v) is 10.0. The molecule has 0 bridgehead atoms. The second-order valence-electron chi connectivity index (χ2n) is 6.30. The molecular formula is C23H22N2O2S. The summed E-state index contributed by atoms with van der Waals surface area (Å²) in [5.74, 6) is -0.0893. The summed E-state index contributed by atoms with van der Waals surface area (Å²) in [6.07, 6.45) is 0. The highest BCUT2D eigenvalue weighted by molar-refractivity contribution is 8.00. The SMILES string of the molecule is C[C@@H](NC(=O)c1ccccc1NC(=O)CSc1ccccc1)c1ccccc1. The quantitative estimate of drug-likeness (QED) is 0.564. The van der Waals surface area contributed by atoms with Crippen LogP contribution in [-0.4, -0.2) is 17.6 Å². The zero-order valence-corrected chi connectivity index (χ0v) is 16.4. The first-order chi connectivity index (χ1) is 13.6. The zero-order chi connectivity index (χ0) is 19.8. The number of nitrogens with one attached hydrogen (secondary N) is 2. The predicted octanol–water partition coefficient (Wildman–Crippen LogP) is 4.91. The molecule has 0 fully saturated rings. The van der Waals surface area contributed by atoms with Crippen molar-refractivity contribution in [1.29, 1.82) is 0 Å². The maximum atomic E-state index is 12.7. The Balaban J connectivity index is 1.63. The van der Waals surface area contributed by atoms with Gasteiger partial charge in [0.2, 0.25) is 5.91 Å². The molecule has 5 heteroatoms. The van der Waals surface area contributed by atoms with Crippen molar-refractivity contribution in [3.63, 3.8) is 0 Å². The molecule has 3 aromatic carbocycles. The van der Waals surface area contributed by atoms with Gasteiger partial charge in [-0.3, -0.25) is 9.59 Å². The minimum Gasteiger partial charge on any atom is -0.345 e. The van der Waals surface area contributed by atoms with E-state index >= 15 is 0 Å². The summed E-state index contributed by atoms with van der Waals surface area (Å²) in [4.78, 5) is 26.1. The van der Waals surface area contributed by atoms with E-state index in [-0.39, 0.29) is 23.6 Å². The van der Waals surface area contributed by atoms with E-state index in [1.165, 1.54) is 11.8 Å². The smallest absolute Gasteiger partial charge is 0.253 e. The van der Waals surface area contributed by atoms with Crippen LogP contribution in [0.15, 0.2) is 89.8 Å². The van der Waals surface area contributed by atoms with E-state index in [0.29, 0.717) is 11.3 Å². The lowest BCUT2D eigenvalue weighted by molar-refractivity contribution is -0.113. The van der Waals surface area contributed by atoms with E-state index in [1.807, 2.05) is 67.6 Å². The Kier molecular flexibility index (Phi) is 6.87. The monoisotopic (exact) mass is 390 g/mol. The van der Waals surface area contributed by atoms with Gasteiger partial charge in [0.15, 0.2) is 0 Å². The highest BCUT2D eigenvalue weighted by Gasteiger charge is 2.16. The van der Waals surface area contributed by atoms with Crippen molar-refractivity contribution in [3.8, 4) is 0 Å². The van der Waals surface area contributed by atoms with Gasteiger partial charge in [-0.1, -0.05) is 60.7 Å². The van der Waals surface area contributed by atoms with E-state index < -0.39 is 0 Å². The number of amides is 2. The van der Waals surface area contributed by atoms with Gasteiger partial charge in [0.05, 0.1) is 23.0 Å². The molecule has 0 aliphatic carbocycles. The molecule has 4 nitrogen and oxygen atoms in total. The van der Waals surface area contributed by atoms with Crippen LogP contribution in [0.5, 0.6) is 0 Å². The van der Waals surface area contributed by atoms with Crippen molar-refractivity contribution in [2.24, 2.45) is 0 Å². The van der Waals surface area contributed by atoms with E-state index in [2.05, 4.69) is 10.6 Å². The molecule has 0 spiro atoms. The van der Waals surface area contributed by atoms with Crippen LogP contribution < -0.4 is 10.6 Å². The molecule has 0 radical (unpaired) electrons. The van der Waals surface area contributed by atoms with Crippen molar-refractivity contribution in [1.82, 2.24) is 5.32 Å². The molecule has 0 saturated carbocycles. The lowest BCUT2D eigenvalue weighted by Crippen LogP contribution is -2.28. The highest BCUT2D eigenvalue weighted by atomic mass is 32.2. The van der Waals surface area contributed by atoms with Gasteiger partial charge >= 0.3 is 0 Å². The largest absolute Gasteiger partial charge is 0.345 e. The zero-order valence-electron chi connectivity index (χ0n) is 15.6. The second-order valence-corrected chi connectivity index (χ2v) is 7.35. The van der Waals surface area contributed by atoms with Crippen LogP contribution in [0.25, 0.3) is 0 Å². The summed E-state index contributed by atoms with van der Waals surface area (Å²) in [5, 5.41) is 5.84. The number of hydrogen-bond acceptors (Lipinski definition) is 3. The van der Waals surface area contributed by atoms with Gasteiger partial charge in [0, 0.05) is 4.90 Å². The lowest BCUT2D eigenvalue weighted by atomic mass is 10.1. The Morgan fingerprint density at radius 3 is 2.18 bits per heavy atom. The summed E-state index contributed by atoms with van der Waals surface area (Å²) in [6.45, 7) is 1.94. The lowest BCUT2D eigenvalue weighted by Gasteiger charge is -2.16.